The molecule has 20 heavy (non-hydrogen) atoms. The van der Waals surface area contributed by atoms with Crippen LogP contribution in [0, 0.1) is 0 Å². The van der Waals surface area contributed by atoms with E-state index in [0.717, 1.165) is 24.7 Å². The summed E-state index contributed by atoms with van der Waals surface area (Å²) in [4.78, 5) is 4.75. The van der Waals surface area contributed by atoms with Gasteiger partial charge in [-0.1, -0.05) is 43.7 Å². The van der Waals surface area contributed by atoms with Crippen molar-refractivity contribution >= 4 is 0 Å². The van der Waals surface area contributed by atoms with E-state index >= 15 is 0 Å². The standard InChI is InChI=1S/C16H27N3O/c1-16(11-8-12-17-16)15-18-14(19-20-15)13-9-6-4-2-3-5-7-10-13/h13,17H,2-12H2,1H3. The van der Waals surface area contributed by atoms with Gasteiger partial charge < -0.3 is 9.84 Å². The van der Waals surface area contributed by atoms with Crippen molar-refractivity contribution in [2.75, 3.05) is 6.54 Å². The highest BCUT2D eigenvalue weighted by molar-refractivity contribution is 5.06. The quantitative estimate of drug-likeness (QED) is 0.891. The van der Waals surface area contributed by atoms with Gasteiger partial charge in [0.25, 0.3) is 0 Å². The summed E-state index contributed by atoms with van der Waals surface area (Å²) in [5, 5.41) is 7.81. The summed E-state index contributed by atoms with van der Waals surface area (Å²) in [6.07, 6.45) is 12.9. The van der Waals surface area contributed by atoms with Crippen LogP contribution in [0.15, 0.2) is 4.52 Å². The molecule has 4 heteroatoms. The molecular formula is C16H27N3O. The lowest BCUT2D eigenvalue weighted by molar-refractivity contribution is 0.273. The molecule has 1 aliphatic carbocycles. The predicted octanol–water partition coefficient (Wildman–Crippen LogP) is 3.89. The van der Waals surface area contributed by atoms with Crippen molar-refractivity contribution in [3.05, 3.63) is 11.7 Å². The minimum atomic E-state index is -0.0935. The van der Waals surface area contributed by atoms with Gasteiger partial charge in [-0.25, -0.2) is 0 Å². The van der Waals surface area contributed by atoms with Gasteiger partial charge in [-0.15, -0.1) is 0 Å². The fourth-order valence-electron chi connectivity index (χ4n) is 3.59. The van der Waals surface area contributed by atoms with Crippen LogP contribution in [0.3, 0.4) is 0 Å². The molecule has 3 rings (SSSR count). The second kappa shape index (κ2) is 6.25. The Kier molecular flexibility index (Phi) is 4.39. The molecule has 1 saturated carbocycles. The van der Waals surface area contributed by atoms with Crippen LogP contribution in [0.4, 0.5) is 0 Å². The van der Waals surface area contributed by atoms with E-state index in [4.69, 9.17) is 9.51 Å². The average Bonchev–Trinajstić information content (AvgIpc) is 3.09. The summed E-state index contributed by atoms with van der Waals surface area (Å²) in [5.41, 5.74) is -0.0935. The SMILES string of the molecule is CC1(c2nc(C3CCCCCCCC3)no2)CCCN1. The maximum absolute atomic E-state index is 5.58. The number of hydrogen-bond donors (Lipinski definition) is 1. The van der Waals surface area contributed by atoms with Crippen molar-refractivity contribution < 1.29 is 4.52 Å². The first-order valence-electron chi connectivity index (χ1n) is 8.37. The van der Waals surface area contributed by atoms with Crippen LogP contribution in [0.2, 0.25) is 0 Å². The van der Waals surface area contributed by atoms with Gasteiger partial charge in [0, 0.05) is 5.92 Å². The number of rotatable bonds is 2. The van der Waals surface area contributed by atoms with E-state index in [-0.39, 0.29) is 5.54 Å². The largest absolute Gasteiger partial charge is 0.337 e. The third kappa shape index (κ3) is 3.05. The zero-order valence-corrected chi connectivity index (χ0v) is 12.7. The van der Waals surface area contributed by atoms with E-state index in [9.17, 15) is 0 Å². The number of aromatic nitrogens is 2. The molecule has 0 amide bonds. The van der Waals surface area contributed by atoms with Crippen LogP contribution in [0.1, 0.15) is 88.8 Å². The Hall–Kier alpha value is -0.900. The van der Waals surface area contributed by atoms with E-state index in [1.165, 1.54) is 57.8 Å². The highest BCUT2D eigenvalue weighted by Gasteiger charge is 2.36. The second-order valence-electron chi connectivity index (χ2n) is 6.72. The lowest BCUT2D eigenvalue weighted by Gasteiger charge is -2.18. The fraction of sp³-hybridized carbons (Fsp3) is 0.875. The molecule has 4 nitrogen and oxygen atoms in total. The van der Waals surface area contributed by atoms with Crippen LogP contribution in [0.25, 0.3) is 0 Å². The van der Waals surface area contributed by atoms with Gasteiger partial charge in [0.2, 0.25) is 5.89 Å². The molecule has 2 heterocycles. The van der Waals surface area contributed by atoms with Gasteiger partial charge in [-0.2, -0.15) is 4.98 Å². The monoisotopic (exact) mass is 277 g/mol. The molecule has 0 radical (unpaired) electrons. The molecule has 0 spiro atoms. The molecule has 1 aliphatic heterocycles. The Morgan fingerprint density at radius 1 is 1.05 bits per heavy atom. The van der Waals surface area contributed by atoms with Crippen molar-refractivity contribution in [3.8, 4) is 0 Å². The minimum absolute atomic E-state index is 0.0935. The molecule has 0 bridgehead atoms. The maximum Gasteiger partial charge on any atom is 0.246 e. The summed E-state index contributed by atoms with van der Waals surface area (Å²) in [5.74, 6) is 2.26. The Morgan fingerprint density at radius 3 is 2.40 bits per heavy atom. The number of nitrogens with zero attached hydrogens (tertiary/aromatic N) is 2. The van der Waals surface area contributed by atoms with Gasteiger partial charge in [-0.05, 0) is 39.2 Å². The summed E-state index contributed by atoms with van der Waals surface area (Å²) < 4.78 is 5.58. The average molecular weight is 277 g/mol. The summed E-state index contributed by atoms with van der Waals surface area (Å²) >= 11 is 0. The normalized spacial score (nSPS) is 29.9. The van der Waals surface area contributed by atoms with E-state index < -0.39 is 0 Å². The molecule has 1 saturated heterocycles. The Morgan fingerprint density at radius 2 is 1.75 bits per heavy atom. The molecule has 1 unspecified atom stereocenters. The summed E-state index contributed by atoms with van der Waals surface area (Å²) in [7, 11) is 0. The van der Waals surface area contributed by atoms with Crippen molar-refractivity contribution in [2.45, 2.75) is 82.6 Å². The maximum atomic E-state index is 5.58. The van der Waals surface area contributed by atoms with Gasteiger partial charge in [0.15, 0.2) is 5.82 Å². The number of nitrogens with one attached hydrogen (secondary N) is 1. The Balaban J connectivity index is 1.71. The first-order chi connectivity index (χ1) is 9.78. The highest BCUT2D eigenvalue weighted by atomic mass is 16.5. The van der Waals surface area contributed by atoms with Gasteiger partial charge >= 0.3 is 0 Å². The van der Waals surface area contributed by atoms with Crippen molar-refractivity contribution in [2.24, 2.45) is 0 Å². The third-order valence-corrected chi connectivity index (χ3v) is 5.00. The van der Waals surface area contributed by atoms with Crippen LogP contribution < -0.4 is 5.32 Å². The van der Waals surface area contributed by atoms with Crippen molar-refractivity contribution in [3.63, 3.8) is 0 Å². The van der Waals surface area contributed by atoms with Gasteiger partial charge in [-0.3, -0.25) is 0 Å². The van der Waals surface area contributed by atoms with Crippen LogP contribution in [0.5, 0.6) is 0 Å². The Labute approximate surface area is 121 Å². The van der Waals surface area contributed by atoms with Crippen LogP contribution in [-0.2, 0) is 5.54 Å². The van der Waals surface area contributed by atoms with E-state index in [1.807, 2.05) is 0 Å². The topological polar surface area (TPSA) is 51.0 Å². The lowest BCUT2D eigenvalue weighted by Crippen LogP contribution is -2.33. The molecule has 2 fully saturated rings. The molecule has 112 valence electrons. The molecule has 1 aromatic heterocycles. The summed E-state index contributed by atoms with van der Waals surface area (Å²) in [6, 6.07) is 0. The predicted molar refractivity (Wildman–Crippen MR) is 78.6 cm³/mol. The van der Waals surface area contributed by atoms with E-state index in [0.29, 0.717) is 5.92 Å². The number of hydrogen-bond acceptors (Lipinski definition) is 4. The van der Waals surface area contributed by atoms with Gasteiger partial charge in [0.1, 0.15) is 0 Å². The third-order valence-electron chi connectivity index (χ3n) is 5.00. The fourth-order valence-corrected chi connectivity index (χ4v) is 3.59. The second-order valence-corrected chi connectivity index (χ2v) is 6.72. The van der Waals surface area contributed by atoms with E-state index in [2.05, 4.69) is 17.4 Å². The lowest BCUT2D eigenvalue weighted by atomic mass is 9.96. The molecule has 1 atom stereocenters. The van der Waals surface area contributed by atoms with Crippen LogP contribution >= 0.6 is 0 Å². The molecule has 0 aromatic carbocycles. The first kappa shape index (κ1) is 14.1. The van der Waals surface area contributed by atoms with Crippen LogP contribution in [-0.4, -0.2) is 16.7 Å². The molecular weight excluding hydrogens is 250 g/mol. The highest BCUT2D eigenvalue weighted by Crippen LogP contribution is 2.32. The minimum Gasteiger partial charge on any atom is -0.337 e. The van der Waals surface area contributed by atoms with Crippen molar-refractivity contribution in [1.29, 1.82) is 0 Å². The van der Waals surface area contributed by atoms with Gasteiger partial charge in [0.05, 0.1) is 5.54 Å². The smallest absolute Gasteiger partial charge is 0.246 e. The molecule has 1 N–H and O–H groups in total. The zero-order chi connectivity index (χ0) is 13.8. The summed E-state index contributed by atoms with van der Waals surface area (Å²) in [6.45, 7) is 3.23. The Bertz CT molecular complexity index is 413. The van der Waals surface area contributed by atoms with Crippen molar-refractivity contribution in [1.82, 2.24) is 15.5 Å². The molecule has 2 aliphatic rings. The molecule has 1 aromatic rings. The van der Waals surface area contributed by atoms with E-state index in [1.54, 1.807) is 0 Å². The zero-order valence-electron chi connectivity index (χ0n) is 12.7. The first-order valence-corrected chi connectivity index (χ1v) is 8.37.